The Labute approximate surface area is 118 Å². The predicted molar refractivity (Wildman–Crippen MR) is 80.0 cm³/mol. The number of nitrogens with zero attached hydrogens (tertiary/aromatic N) is 1. The first-order valence-electron chi connectivity index (χ1n) is 6.40. The number of carbonyl (C=O) groups is 1. The topological polar surface area (TPSA) is 29.5 Å². The molecule has 3 heteroatoms. The van der Waals surface area contributed by atoms with Crippen molar-refractivity contribution in [1.82, 2.24) is 0 Å². The van der Waals surface area contributed by atoms with Crippen molar-refractivity contribution in [3.63, 3.8) is 0 Å². The number of aryl methyl sites for hydroxylation is 1. The van der Waals surface area contributed by atoms with Gasteiger partial charge in [0.1, 0.15) is 5.75 Å². The summed E-state index contributed by atoms with van der Waals surface area (Å²) in [5.74, 6) is 0.614. The molecule has 3 rings (SSSR count). The third kappa shape index (κ3) is 1.79. The summed E-state index contributed by atoms with van der Waals surface area (Å²) in [4.78, 5) is 14.2. The molecule has 1 aliphatic rings. The van der Waals surface area contributed by atoms with E-state index in [4.69, 9.17) is 4.74 Å². The molecule has 0 saturated heterocycles. The van der Waals surface area contributed by atoms with E-state index in [0.29, 0.717) is 17.0 Å². The minimum Gasteiger partial charge on any atom is -0.497 e. The molecule has 1 amide bonds. The van der Waals surface area contributed by atoms with Gasteiger partial charge in [0.15, 0.2) is 0 Å². The average Bonchev–Trinajstić information content (AvgIpc) is 2.72. The van der Waals surface area contributed by atoms with E-state index in [9.17, 15) is 4.79 Å². The number of anilines is 1. The second-order valence-corrected chi connectivity index (χ2v) is 4.83. The molecule has 1 heterocycles. The SMILES string of the molecule is C=C1c2ccc(OC)cc2C(=O)N1c1ccc(C)cc1. The van der Waals surface area contributed by atoms with Gasteiger partial charge >= 0.3 is 0 Å². The van der Waals surface area contributed by atoms with Crippen LogP contribution in [0.4, 0.5) is 5.69 Å². The highest BCUT2D eigenvalue weighted by atomic mass is 16.5. The van der Waals surface area contributed by atoms with Gasteiger partial charge < -0.3 is 4.74 Å². The number of benzene rings is 2. The molecule has 0 fully saturated rings. The van der Waals surface area contributed by atoms with Crippen molar-refractivity contribution in [1.29, 1.82) is 0 Å². The smallest absolute Gasteiger partial charge is 0.263 e. The molecule has 0 saturated carbocycles. The average molecular weight is 265 g/mol. The van der Waals surface area contributed by atoms with E-state index in [1.165, 1.54) is 0 Å². The summed E-state index contributed by atoms with van der Waals surface area (Å²) < 4.78 is 5.18. The predicted octanol–water partition coefficient (Wildman–Crippen LogP) is 3.63. The molecule has 20 heavy (non-hydrogen) atoms. The Morgan fingerprint density at radius 2 is 1.75 bits per heavy atom. The van der Waals surface area contributed by atoms with Crippen molar-refractivity contribution in [2.75, 3.05) is 12.0 Å². The zero-order valence-corrected chi connectivity index (χ0v) is 11.5. The largest absolute Gasteiger partial charge is 0.497 e. The molecule has 2 aromatic carbocycles. The highest BCUT2D eigenvalue weighted by molar-refractivity contribution is 6.22. The number of rotatable bonds is 2. The number of amides is 1. The van der Waals surface area contributed by atoms with E-state index in [1.807, 2.05) is 43.3 Å². The Morgan fingerprint density at radius 1 is 1.05 bits per heavy atom. The Bertz CT molecular complexity index is 701. The van der Waals surface area contributed by atoms with E-state index in [0.717, 1.165) is 16.8 Å². The number of fused-ring (bicyclic) bond motifs is 1. The highest BCUT2D eigenvalue weighted by Crippen LogP contribution is 2.37. The second kappa shape index (κ2) is 4.53. The quantitative estimate of drug-likeness (QED) is 0.829. The highest BCUT2D eigenvalue weighted by Gasteiger charge is 2.32. The molecule has 2 aromatic rings. The van der Waals surface area contributed by atoms with Crippen LogP contribution < -0.4 is 9.64 Å². The van der Waals surface area contributed by atoms with Gasteiger partial charge in [0, 0.05) is 11.3 Å². The number of hydrogen-bond acceptors (Lipinski definition) is 2. The Hall–Kier alpha value is -2.55. The molecule has 0 aromatic heterocycles. The molecule has 0 unspecified atom stereocenters. The zero-order valence-electron chi connectivity index (χ0n) is 11.5. The Balaban J connectivity index is 2.07. The molecular formula is C17H15NO2. The molecule has 1 aliphatic heterocycles. The summed E-state index contributed by atoms with van der Waals surface area (Å²) in [7, 11) is 1.59. The first-order chi connectivity index (χ1) is 9.61. The summed E-state index contributed by atoms with van der Waals surface area (Å²) in [6.07, 6.45) is 0. The summed E-state index contributed by atoms with van der Waals surface area (Å²) in [5, 5.41) is 0. The van der Waals surface area contributed by atoms with Crippen molar-refractivity contribution in [2.45, 2.75) is 6.92 Å². The molecule has 0 radical (unpaired) electrons. The zero-order chi connectivity index (χ0) is 14.3. The maximum Gasteiger partial charge on any atom is 0.263 e. The Morgan fingerprint density at radius 3 is 2.40 bits per heavy atom. The number of hydrogen-bond donors (Lipinski definition) is 0. The third-order valence-electron chi connectivity index (χ3n) is 3.53. The normalized spacial score (nSPS) is 13.6. The fourth-order valence-electron chi connectivity index (χ4n) is 2.41. The van der Waals surface area contributed by atoms with Gasteiger partial charge in [-0.25, -0.2) is 0 Å². The van der Waals surface area contributed by atoms with Gasteiger partial charge in [-0.1, -0.05) is 24.3 Å². The van der Waals surface area contributed by atoms with Crippen molar-refractivity contribution < 1.29 is 9.53 Å². The van der Waals surface area contributed by atoms with Crippen LogP contribution in [0.15, 0.2) is 49.0 Å². The van der Waals surface area contributed by atoms with Crippen LogP contribution in [0.1, 0.15) is 21.5 Å². The van der Waals surface area contributed by atoms with E-state index in [1.54, 1.807) is 18.1 Å². The molecule has 0 bridgehead atoms. The summed E-state index contributed by atoms with van der Waals surface area (Å²) in [5.41, 5.74) is 4.19. The molecule has 100 valence electrons. The van der Waals surface area contributed by atoms with Crippen LogP contribution >= 0.6 is 0 Å². The number of carbonyl (C=O) groups excluding carboxylic acids is 1. The van der Waals surface area contributed by atoms with E-state index >= 15 is 0 Å². The van der Waals surface area contributed by atoms with Gasteiger partial charge in [-0.05, 0) is 37.3 Å². The molecule has 0 aliphatic carbocycles. The van der Waals surface area contributed by atoms with Gasteiger partial charge in [-0.2, -0.15) is 0 Å². The molecule has 3 nitrogen and oxygen atoms in total. The van der Waals surface area contributed by atoms with Crippen LogP contribution in [0.5, 0.6) is 5.75 Å². The Kier molecular flexibility index (Phi) is 2.83. The van der Waals surface area contributed by atoms with Gasteiger partial charge in [0.25, 0.3) is 5.91 Å². The lowest BCUT2D eigenvalue weighted by Gasteiger charge is -2.17. The van der Waals surface area contributed by atoms with Crippen LogP contribution in [0, 0.1) is 6.92 Å². The fraction of sp³-hybridized carbons (Fsp3) is 0.118. The maximum atomic E-state index is 12.6. The second-order valence-electron chi connectivity index (χ2n) is 4.83. The van der Waals surface area contributed by atoms with Crippen LogP contribution in [0.3, 0.4) is 0 Å². The van der Waals surface area contributed by atoms with Crippen LogP contribution in [0.25, 0.3) is 5.70 Å². The first-order valence-corrected chi connectivity index (χ1v) is 6.40. The van der Waals surface area contributed by atoms with Crippen LogP contribution in [-0.4, -0.2) is 13.0 Å². The van der Waals surface area contributed by atoms with E-state index in [-0.39, 0.29) is 5.91 Å². The number of ether oxygens (including phenoxy) is 1. The van der Waals surface area contributed by atoms with Gasteiger partial charge in [-0.15, -0.1) is 0 Å². The minimum absolute atomic E-state index is 0.0623. The minimum atomic E-state index is -0.0623. The standard InChI is InChI=1S/C17H15NO2/c1-11-4-6-13(7-5-11)18-12(2)15-9-8-14(20-3)10-16(15)17(18)19/h4-10H,2H2,1,3H3. The monoisotopic (exact) mass is 265 g/mol. The summed E-state index contributed by atoms with van der Waals surface area (Å²) >= 11 is 0. The maximum absolute atomic E-state index is 12.6. The molecule has 0 N–H and O–H groups in total. The van der Waals surface area contributed by atoms with Gasteiger partial charge in [0.2, 0.25) is 0 Å². The lowest BCUT2D eigenvalue weighted by atomic mass is 10.1. The number of methoxy groups -OCH3 is 1. The van der Waals surface area contributed by atoms with Crippen molar-refractivity contribution in [2.24, 2.45) is 0 Å². The molecule has 0 atom stereocenters. The van der Waals surface area contributed by atoms with Crippen LogP contribution in [0.2, 0.25) is 0 Å². The van der Waals surface area contributed by atoms with E-state index in [2.05, 4.69) is 6.58 Å². The first kappa shape index (κ1) is 12.5. The summed E-state index contributed by atoms with van der Waals surface area (Å²) in [6, 6.07) is 13.3. The van der Waals surface area contributed by atoms with E-state index < -0.39 is 0 Å². The lowest BCUT2D eigenvalue weighted by Crippen LogP contribution is -2.21. The van der Waals surface area contributed by atoms with Gasteiger partial charge in [-0.3, -0.25) is 9.69 Å². The summed E-state index contributed by atoms with van der Waals surface area (Å²) in [6.45, 7) is 6.06. The fourth-order valence-corrected chi connectivity index (χ4v) is 2.41. The van der Waals surface area contributed by atoms with Crippen molar-refractivity contribution in [3.8, 4) is 5.75 Å². The van der Waals surface area contributed by atoms with Crippen molar-refractivity contribution >= 4 is 17.3 Å². The molecule has 0 spiro atoms. The van der Waals surface area contributed by atoms with Crippen molar-refractivity contribution in [3.05, 3.63) is 65.7 Å². The lowest BCUT2D eigenvalue weighted by molar-refractivity contribution is 0.101. The third-order valence-corrected chi connectivity index (χ3v) is 3.53. The van der Waals surface area contributed by atoms with Crippen LogP contribution in [-0.2, 0) is 0 Å². The molecular weight excluding hydrogens is 250 g/mol. The van der Waals surface area contributed by atoms with Gasteiger partial charge in [0.05, 0.1) is 18.4 Å².